The van der Waals surface area contributed by atoms with Crippen LogP contribution in [0, 0.1) is 0 Å². The maximum Gasteiger partial charge on any atom is 0.239 e. The van der Waals surface area contributed by atoms with Crippen LogP contribution in [0.15, 0.2) is 24.3 Å². The van der Waals surface area contributed by atoms with Crippen molar-refractivity contribution in [1.82, 2.24) is 15.6 Å². The van der Waals surface area contributed by atoms with Crippen molar-refractivity contribution in [3.63, 3.8) is 0 Å². The topological polar surface area (TPSA) is 63.2 Å². The quantitative estimate of drug-likeness (QED) is 0.856. The van der Waals surface area contributed by atoms with Gasteiger partial charge in [0.25, 0.3) is 0 Å². The Balaban J connectivity index is 0.00000132. The average molecular weight is 378 g/mol. The maximum atomic E-state index is 12.1. The van der Waals surface area contributed by atoms with E-state index in [0.717, 1.165) is 23.5 Å². The lowest BCUT2D eigenvalue weighted by atomic mass is 10.2. The van der Waals surface area contributed by atoms with E-state index in [-0.39, 0.29) is 42.8 Å². The van der Waals surface area contributed by atoms with Crippen molar-refractivity contribution in [3.8, 4) is 0 Å². The Morgan fingerprint density at radius 3 is 2.96 bits per heavy atom. The summed E-state index contributed by atoms with van der Waals surface area (Å²) in [5.41, 5.74) is 1.03. The van der Waals surface area contributed by atoms with Crippen LogP contribution < -0.4 is 10.6 Å². The van der Waals surface area contributed by atoms with Gasteiger partial charge in [0.05, 0.1) is 28.4 Å². The number of thiazole rings is 1. The Hall–Kier alpha value is -0.920. The lowest BCUT2D eigenvalue weighted by molar-refractivity contribution is -0.126. The second-order valence-corrected chi connectivity index (χ2v) is 6.39. The van der Waals surface area contributed by atoms with Crippen LogP contribution in [0.3, 0.4) is 0 Å². The number of nitrogens with one attached hydrogen (secondary N) is 2. The first kappa shape index (κ1) is 20.1. The van der Waals surface area contributed by atoms with E-state index in [1.54, 1.807) is 11.3 Å². The van der Waals surface area contributed by atoms with E-state index in [2.05, 4.69) is 21.7 Å². The molecule has 2 N–H and O–H groups in total. The normalized spacial score (nSPS) is 18.6. The molecule has 1 aliphatic heterocycles. The van der Waals surface area contributed by atoms with Gasteiger partial charge in [0.2, 0.25) is 5.91 Å². The molecule has 0 radical (unpaired) electrons. The smallest absolute Gasteiger partial charge is 0.239 e. The predicted octanol–water partition coefficient (Wildman–Crippen LogP) is 2.18. The summed E-state index contributed by atoms with van der Waals surface area (Å²) < 4.78 is 6.50. The molecular formula is C15H21Cl2N3O2S. The van der Waals surface area contributed by atoms with Gasteiger partial charge in [0, 0.05) is 19.0 Å². The molecule has 128 valence electrons. The Bertz CT molecular complexity index is 599. The van der Waals surface area contributed by atoms with E-state index < -0.39 is 0 Å². The second-order valence-electron chi connectivity index (χ2n) is 5.27. The molecule has 0 aliphatic carbocycles. The van der Waals surface area contributed by atoms with Crippen LogP contribution in [0.5, 0.6) is 0 Å². The summed E-state index contributed by atoms with van der Waals surface area (Å²) in [4.78, 5) is 16.7. The molecule has 2 heterocycles. The van der Waals surface area contributed by atoms with Gasteiger partial charge in [-0.2, -0.15) is 0 Å². The summed E-state index contributed by atoms with van der Waals surface area (Å²) in [5.74, 6) is 0.00307. The summed E-state index contributed by atoms with van der Waals surface area (Å²) in [6.45, 7) is 3.85. The zero-order valence-electron chi connectivity index (χ0n) is 12.8. The van der Waals surface area contributed by atoms with E-state index >= 15 is 0 Å². The molecule has 1 aromatic carbocycles. The number of para-hydroxylation sites is 1. The number of carbonyl (C=O) groups is 1. The van der Waals surface area contributed by atoms with Gasteiger partial charge in [-0.1, -0.05) is 12.1 Å². The van der Waals surface area contributed by atoms with Gasteiger partial charge in [0.1, 0.15) is 6.04 Å². The van der Waals surface area contributed by atoms with Crippen LogP contribution in [0.1, 0.15) is 11.9 Å². The molecule has 23 heavy (non-hydrogen) atoms. The highest BCUT2D eigenvalue weighted by Crippen LogP contribution is 2.22. The van der Waals surface area contributed by atoms with Gasteiger partial charge >= 0.3 is 0 Å². The Morgan fingerprint density at radius 1 is 1.48 bits per heavy atom. The lowest BCUT2D eigenvalue weighted by Crippen LogP contribution is -2.53. The first-order valence-corrected chi connectivity index (χ1v) is 8.00. The van der Waals surface area contributed by atoms with Gasteiger partial charge in [-0.25, -0.2) is 4.98 Å². The van der Waals surface area contributed by atoms with Gasteiger partial charge in [-0.05, 0) is 19.1 Å². The fraction of sp³-hybridized carbons (Fsp3) is 0.467. The molecule has 8 heteroatoms. The van der Waals surface area contributed by atoms with Crippen LogP contribution in [0.25, 0.3) is 10.2 Å². The molecule has 0 saturated carbocycles. The summed E-state index contributed by atoms with van der Waals surface area (Å²) in [6, 6.07) is 7.92. The number of amides is 1. The fourth-order valence-corrected chi connectivity index (χ4v) is 3.49. The monoisotopic (exact) mass is 377 g/mol. The average Bonchev–Trinajstić information content (AvgIpc) is 2.90. The zero-order chi connectivity index (χ0) is 14.7. The summed E-state index contributed by atoms with van der Waals surface area (Å²) >= 11 is 1.69. The molecule has 1 aliphatic rings. The highest BCUT2D eigenvalue weighted by molar-refractivity contribution is 7.18. The molecule has 2 atom stereocenters. The Morgan fingerprint density at radius 2 is 2.26 bits per heavy atom. The number of hydrogen-bond acceptors (Lipinski definition) is 5. The number of hydrogen-bond donors (Lipinski definition) is 2. The number of aromatic nitrogens is 1. The minimum atomic E-state index is -0.239. The lowest BCUT2D eigenvalue weighted by Gasteiger charge is -2.24. The van der Waals surface area contributed by atoms with Gasteiger partial charge in [-0.3, -0.25) is 4.79 Å². The molecule has 5 nitrogen and oxygen atoms in total. The third-order valence-electron chi connectivity index (χ3n) is 3.45. The fourth-order valence-electron chi connectivity index (χ4n) is 2.40. The van der Waals surface area contributed by atoms with Crippen molar-refractivity contribution in [2.75, 3.05) is 19.8 Å². The van der Waals surface area contributed by atoms with Crippen molar-refractivity contribution in [3.05, 3.63) is 29.3 Å². The van der Waals surface area contributed by atoms with E-state index in [1.807, 2.05) is 25.1 Å². The van der Waals surface area contributed by atoms with Crippen LogP contribution in [-0.4, -0.2) is 42.7 Å². The van der Waals surface area contributed by atoms with Crippen molar-refractivity contribution < 1.29 is 9.53 Å². The van der Waals surface area contributed by atoms with E-state index in [9.17, 15) is 4.79 Å². The standard InChI is InChI=1S/C15H19N3O2S.2ClH/c1-10(17-15(19)12-9-20-7-6-16-12)8-14-18-11-4-2-3-5-13(11)21-14;;/h2-5,10,12,16H,6-9H2,1H3,(H,17,19);2*1H. The zero-order valence-corrected chi connectivity index (χ0v) is 15.2. The minimum absolute atomic E-state index is 0. The number of rotatable bonds is 4. The molecule has 3 rings (SSSR count). The van der Waals surface area contributed by atoms with Gasteiger partial charge < -0.3 is 15.4 Å². The molecule has 2 unspecified atom stereocenters. The SMILES string of the molecule is CC(Cc1nc2ccccc2s1)NC(=O)C1COCCN1.Cl.Cl. The molecule has 1 fully saturated rings. The molecule has 0 spiro atoms. The predicted molar refractivity (Wildman–Crippen MR) is 98.0 cm³/mol. The third kappa shape index (κ3) is 5.29. The molecule has 0 bridgehead atoms. The molecular weight excluding hydrogens is 357 g/mol. The largest absolute Gasteiger partial charge is 0.378 e. The van der Waals surface area contributed by atoms with Crippen LogP contribution in [0.2, 0.25) is 0 Å². The van der Waals surface area contributed by atoms with Crippen molar-refractivity contribution in [2.24, 2.45) is 0 Å². The summed E-state index contributed by atoms with van der Waals surface area (Å²) in [7, 11) is 0. The van der Waals surface area contributed by atoms with Crippen molar-refractivity contribution >= 4 is 52.3 Å². The minimum Gasteiger partial charge on any atom is -0.378 e. The van der Waals surface area contributed by atoms with Crippen LogP contribution in [-0.2, 0) is 16.0 Å². The first-order chi connectivity index (χ1) is 10.2. The van der Waals surface area contributed by atoms with Gasteiger partial charge in [0.15, 0.2) is 0 Å². The van der Waals surface area contributed by atoms with Crippen LogP contribution >= 0.6 is 36.2 Å². The first-order valence-electron chi connectivity index (χ1n) is 7.18. The second kappa shape index (κ2) is 9.39. The van der Waals surface area contributed by atoms with E-state index in [4.69, 9.17) is 4.74 Å². The molecule has 1 amide bonds. The van der Waals surface area contributed by atoms with Crippen molar-refractivity contribution in [1.29, 1.82) is 0 Å². The Kier molecular flexibility index (Phi) is 8.22. The van der Waals surface area contributed by atoms with Crippen LogP contribution in [0.4, 0.5) is 0 Å². The molecule has 1 saturated heterocycles. The highest BCUT2D eigenvalue weighted by Gasteiger charge is 2.22. The summed E-state index contributed by atoms with van der Waals surface area (Å²) in [5, 5.41) is 7.24. The van der Waals surface area contributed by atoms with E-state index in [0.29, 0.717) is 13.2 Å². The Labute approximate surface area is 152 Å². The number of benzene rings is 1. The summed E-state index contributed by atoms with van der Waals surface area (Å²) in [6.07, 6.45) is 0.749. The molecule has 1 aromatic heterocycles. The van der Waals surface area contributed by atoms with Crippen molar-refractivity contribution in [2.45, 2.75) is 25.4 Å². The van der Waals surface area contributed by atoms with Gasteiger partial charge in [-0.15, -0.1) is 36.2 Å². The molecule has 2 aromatic rings. The maximum absolute atomic E-state index is 12.1. The highest BCUT2D eigenvalue weighted by atomic mass is 35.5. The number of carbonyl (C=O) groups excluding carboxylic acids is 1. The van der Waals surface area contributed by atoms with E-state index in [1.165, 1.54) is 4.70 Å². The number of nitrogens with zero attached hydrogens (tertiary/aromatic N) is 1. The number of ether oxygens (including phenoxy) is 1. The number of morpholine rings is 1. The number of fused-ring (bicyclic) bond motifs is 1. The number of halogens is 2. The third-order valence-corrected chi connectivity index (χ3v) is 4.50.